The maximum atomic E-state index is 12.5. The number of carbonyl (C=O) groups excluding carboxylic acids is 1. The first kappa shape index (κ1) is 18.9. The van der Waals surface area contributed by atoms with E-state index in [1.807, 2.05) is 37.3 Å². The lowest BCUT2D eigenvalue weighted by molar-refractivity contribution is 0.0949. The minimum atomic E-state index is -0.179. The Balaban J connectivity index is 2.21. The van der Waals surface area contributed by atoms with Gasteiger partial charge in [-0.2, -0.15) is 5.10 Å². The van der Waals surface area contributed by atoms with E-state index in [1.165, 1.54) is 0 Å². The molecule has 0 fully saturated rings. The Morgan fingerprint density at radius 1 is 1.22 bits per heavy atom. The standard InChI is InChI=1S/C21H26N4O2/c1-6-10-22-20(26)16-12-17(14-8-7-9-15(11-14)27-5)25-19(23-16)13-18(24-25)21(2,3)4/h7-9,11-13H,6,10H2,1-5H3,(H,22,26). The molecule has 0 atom stereocenters. The fourth-order valence-electron chi connectivity index (χ4n) is 2.77. The molecule has 142 valence electrons. The number of nitrogens with one attached hydrogen (secondary N) is 1. The number of benzene rings is 1. The maximum Gasteiger partial charge on any atom is 0.270 e. The van der Waals surface area contributed by atoms with Crippen molar-refractivity contribution in [3.05, 3.63) is 47.8 Å². The predicted molar refractivity (Wildman–Crippen MR) is 106 cm³/mol. The number of rotatable bonds is 5. The molecule has 0 saturated heterocycles. The number of amides is 1. The molecule has 2 aromatic heterocycles. The lowest BCUT2D eigenvalue weighted by Crippen LogP contribution is -2.25. The first-order valence-electron chi connectivity index (χ1n) is 9.17. The molecule has 1 N–H and O–H groups in total. The number of hydrogen-bond donors (Lipinski definition) is 1. The minimum Gasteiger partial charge on any atom is -0.497 e. The Hall–Kier alpha value is -2.89. The topological polar surface area (TPSA) is 68.5 Å². The molecule has 0 aliphatic carbocycles. The zero-order chi connectivity index (χ0) is 19.6. The van der Waals surface area contributed by atoms with E-state index in [9.17, 15) is 4.79 Å². The maximum absolute atomic E-state index is 12.5. The third kappa shape index (κ3) is 3.94. The van der Waals surface area contributed by atoms with Gasteiger partial charge in [0.05, 0.1) is 18.5 Å². The Labute approximate surface area is 159 Å². The molecule has 6 nitrogen and oxygen atoms in total. The second kappa shape index (κ2) is 7.39. The number of carbonyl (C=O) groups is 1. The van der Waals surface area contributed by atoms with Crippen LogP contribution in [0.5, 0.6) is 5.75 Å². The van der Waals surface area contributed by atoms with Gasteiger partial charge in [-0.3, -0.25) is 4.79 Å². The van der Waals surface area contributed by atoms with Crippen LogP contribution in [-0.4, -0.2) is 34.2 Å². The molecule has 0 radical (unpaired) electrons. The lowest BCUT2D eigenvalue weighted by Gasteiger charge is -2.14. The summed E-state index contributed by atoms with van der Waals surface area (Å²) in [5, 5.41) is 7.66. The third-order valence-electron chi connectivity index (χ3n) is 4.33. The van der Waals surface area contributed by atoms with E-state index in [0.717, 1.165) is 29.1 Å². The molecule has 0 aliphatic rings. The smallest absolute Gasteiger partial charge is 0.270 e. The Kier molecular flexibility index (Phi) is 5.17. The van der Waals surface area contributed by atoms with Crippen LogP contribution >= 0.6 is 0 Å². The summed E-state index contributed by atoms with van der Waals surface area (Å²) < 4.78 is 7.15. The van der Waals surface area contributed by atoms with Crippen molar-refractivity contribution in [2.24, 2.45) is 0 Å². The summed E-state index contributed by atoms with van der Waals surface area (Å²) in [4.78, 5) is 17.1. The highest BCUT2D eigenvalue weighted by Gasteiger charge is 2.21. The molecule has 0 saturated carbocycles. The summed E-state index contributed by atoms with van der Waals surface area (Å²) >= 11 is 0. The van der Waals surface area contributed by atoms with E-state index in [1.54, 1.807) is 17.7 Å². The van der Waals surface area contributed by atoms with E-state index in [-0.39, 0.29) is 11.3 Å². The van der Waals surface area contributed by atoms with Crippen LogP contribution in [-0.2, 0) is 5.41 Å². The van der Waals surface area contributed by atoms with Crippen molar-refractivity contribution >= 4 is 11.6 Å². The normalized spacial score (nSPS) is 11.6. The SMILES string of the molecule is CCCNC(=O)c1cc(-c2cccc(OC)c2)n2nc(C(C)(C)C)cc2n1. The largest absolute Gasteiger partial charge is 0.497 e. The van der Waals surface area contributed by atoms with Crippen LogP contribution in [0.2, 0.25) is 0 Å². The van der Waals surface area contributed by atoms with Crippen molar-refractivity contribution in [2.75, 3.05) is 13.7 Å². The van der Waals surface area contributed by atoms with Crippen molar-refractivity contribution in [3.8, 4) is 17.0 Å². The fraction of sp³-hybridized carbons (Fsp3) is 0.381. The van der Waals surface area contributed by atoms with Gasteiger partial charge in [0, 0.05) is 23.6 Å². The molecule has 1 aromatic carbocycles. The third-order valence-corrected chi connectivity index (χ3v) is 4.33. The molecule has 0 spiro atoms. The molecule has 0 unspecified atom stereocenters. The van der Waals surface area contributed by atoms with Crippen LogP contribution in [0.3, 0.4) is 0 Å². The average Bonchev–Trinajstić information content (AvgIpc) is 3.10. The number of aromatic nitrogens is 3. The zero-order valence-corrected chi connectivity index (χ0v) is 16.5. The van der Waals surface area contributed by atoms with Gasteiger partial charge in [0.25, 0.3) is 5.91 Å². The zero-order valence-electron chi connectivity index (χ0n) is 16.5. The molecule has 2 heterocycles. The van der Waals surface area contributed by atoms with Crippen LogP contribution in [0.25, 0.3) is 16.9 Å². The van der Waals surface area contributed by atoms with Gasteiger partial charge in [-0.05, 0) is 24.6 Å². The second-order valence-electron chi connectivity index (χ2n) is 7.56. The Morgan fingerprint density at radius 2 is 2.00 bits per heavy atom. The van der Waals surface area contributed by atoms with Gasteiger partial charge in [0.15, 0.2) is 5.65 Å². The van der Waals surface area contributed by atoms with Crippen LogP contribution in [0.1, 0.15) is 50.3 Å². The van der Waals surface area contributed by atoms with Crippen molar-refractivity contribution < 1.29 is 9.53 Å². The molecule has 6 heteroatoms. The van der Waals surface area contributed by atoms with E-state index in [0.29, 0.717) is 17.9 Å². The van der Waals surface area contributed by atoms with Crippen LogP contribution in [0.15, 0.2) is 36.4 Å². The highest BCUT2D eigenvalue weighted by atomic mass is 16.5. The predicted octanol–water partition coefficient (Wildman–Crippen LogP) is 3.84. The Morgan fingerprint density at radius 3 is 2.67 bits per heavy atom. The van der Waals surface area contributed by atoms with Crippen LogP contribution in [0.4, 0.5) is 0 Å². The summed E-state index contributed by atoms with van der Waals surface area (Å²) in [6.45, 7) is 8.95. The van der Waals surface area contributed by atoms with Gasteiger partial charge in [-0.25, -0.2) is 9.50 Å². The van der Waals surface area contributed by atoms with Gasteiger partial charge >= 0.3 is 0 Å². The van der Waals surface area contributed by atoms with Gasteiger partial charge < -0.3 is 10.1 Å². The van der Waals surface area contributed by atoms with Gasteiger partial charge in [-0.15, -0.1) is 0 Å². The Bertz CT molecular complexity index is 970. The van der Waals surface area contributed by atoms with Crippen LogP contribution in [0, 0.1) is 0 Å². The highest BCUT2D eigenvalue weighted by molar-refractivity contribution is 5.94. The number of ether oxygens (including phenoxy) is 1. The summed E-state index contributed by atoms with van der Waals surface area (Å²) in [5.41, 5.74) is 3.55. The molecular formula is C21H26N4O2. The number of fused-ring (bicyclic) bond motifs is 1. The summed E-state index contributed by atoms with van der Waals surface area (Å²) in [6.07, 6.45) is 0.873. The van der Waals surface area contributed by atoms with Gasteiger partial charge in [0.2, 0.25) is 0 Å². The minimum absolute atomic E-state index is 0.121. The molecule has 3 aromatic rings. The molecule has 3 rings (SSSR count). The van der Waals surface area contributed by atoms with E-state index >= 15 is 0 Å². The summed E-state index contributed by atoms with van der Waals surface area (Å²) in [5.74, 6) is 0.569. The monoisotopic (exact) mass is 366 g/mol. The molecule has 0 aliphatic heterocycles. The average molecular weight is 366 g/mol. The summed E-state index contributed by atoms with van der Waals surface area (Å²) in [7, 11) is 1.64. The molecule has 1 amide bonds. The van der Waals surface area contributed by atoms with Gasteiger partial charge in [-0.1, -0.05) is 39.8 Å². The van der Waals surface area contributed by atoms with Crippen LogP contribution < -0.4 is 10.1 Å². The number of methoxy groups -OCH3 is 1. The second-order valence-corrected chi connectivity index (χ2v) is 7.56. The lowest BCUT2D eigenvalue weighted by atomic mass is 9.93. The first-order chi connectivity index (χ1) is 12.8. The summed E-state index contributed by atoms with van der Waals surface area (Å²) in [6, 6.07) is 11.4. The van der Waals surface area contributed by atoms with Gasteiger partial charge in [0.1, 0.15) is 11.4 Å². The van der Waals surface area contributed by atoms with Crippen molar-refractivity contribution in [2.45, 2.75) is 39.5 Å². The highest BCUT2D eigenvalue weighted by Crippen LogP contribution is 2.28. The number of nitrogens with zero attached hydrogens (tertiary/aromatic N) is 3. The van der Waals surface area contributed by atoms with E-state index < -0.39 is 0 Å². The number of hydrogen-bond acceptors (Lipinski definition) is 4. The van der Waals surface area contributed by atoms with E-state index in [4.69, 9.17) is 9.84 Å². The quantitative estimate of drug-likeness (QED) is 0.745. The van der Waals surface area contributed by atoms with Crippen molar-refractivity contribution in [1.29, 1.82) is 0 Å². The van der Waals surface area contributed by atoms with Crippen molar-refractivity contribution in [1.82, 2.24) is 19.9 Å². The van der Waals surface area contributed by atoms with Crippen molar-refractivity contribution in [3.63, 3.8) is 0 Å². The van der Waals surface area contributed by atoms with E-state index in [2.05, 4.69) is 31.1 Å². The fourth-order valence-corrected chi connectivity index (χ4v) is 2.77. The molecule has 27 heavy (non-hydrogen) atoms. The first-order valence-corrected chi connectivity index (χ1v) is 9.17. The molecule has 0 bridgehead atoms. The molecular weight excluding hydrogens is 340 g/mol.